The van der Waals surface area contributed by atoms with E-state index in [1.165, 1.54) is 0 Å². The Morgan fingerprint density at radius 3 is 2.26 bits per heavy atom. The van der Waals surface area contributed by atoms with Gasteiger partial charge in [0.05, 0.1) is 45.4 Å². The first-order valence-corrected chi connectivity index (χ1v) is 15.1. The van der Waals surface area contributed by atoms with Crippen LogP contribution in [0.4, 0.5) is 5.69 Å². The number of nitrogens with zero attached hydrogens (tertiary/aromatic N) is 5. The van der Waals surface area contributed by atoms with Gasteiger partial charge < -0.3 is 4.90 Å². The Balaban J connectivity index is 1.31. The molecule has 7 rings (SSSR count). The standard InChI is InChI=1S/C39H31N7/c1-46-24-10-8-22-38(46)36-21-12-19-32(43-36)30-25-28(31-18-11-20-35(42-31)34-17-7-9-23-41-34)26-37(39(30)40)45-44-33-16-6-5-15-29(33)27-13-3-2-4-14-27/h2-23,25-26,40,44H,24H2,1H3/p+1/b40-39?,45-37-. The zero-order valence-electron chi connectivity index (χ0n) is 25.4. The first kappa shape index (κ1) is 28.6. The Morgan fingerprint density at radius 1 is 0.717 bits per heavy atom. The average Bonchev–Trinajstić information content (AvgIpc) is 3.12. The van der Waals surface area contributed by atoms with E-state index in [9.17, 15) is 0 Å². The number of hydrogen-bond acceptors (Lipinski definition) is 6. The first-order valence-electron chi connectivity index (χ1n) is 15.1. The van der Waals surface area contributed by atoms with Crippen LogP contribution in [0.2, 0.25) is 0 Å². The molecule has 2 aliphatic rings. The molecule has 0 bridgehead atoms. The van der Waals surface area contributed by atoms with Gasteiger partial charge in [0, 0.05) is 30.9 Å². The van der Waals surface area contributed by atoms with Crippen molar-refractivity contribution in [3.05, 3.63) is 163 Å². The Morgan fingerprint density at radius 2 is 1.43 bits per heavy atom. The lowest BCUT2D eigenvalue weighted by atomic mass is 9.91. The average molecular weight is 599 g/mol. The van der Waals surface area contributed by atoms with Gasteiger partial charge >= 0.3 is 0 Å². The molecule has 0 radical (unpaired) electrons. The van der Waals surface area contributed by atoms with Crippen molar-refractivity contribution in [3.63, 3.8) is 0 Å². The number of pyridine rings is 3. The topological polar surface area (TPSA) is 91.9 Å². The molecule has 46 heavy (non-hydrogen) atoms. The molecule has 222 valence electrons. The van der Waals surface area contributed by atoms with Crippen LogP contribution in [0.1, 0.15) is 17.1 Å². The summed E-state index contributed by atoms with van der Waals surface area (Å²) in [6, 6.07) is 36.1. The lowest BCUT2D eigenvalue weighted by Gasteiger charge is -2.23. The summed E-state index contributed by atoms with van der Waals surface area (Å²) in [5.41, 5.74) is 14.1. The largest absolute Gasteiger partial charge is 0.369 e. The molecule has 0 saturated carbocycles. The molecular weight excluding hydrogens is 566 g/mol. The summed E-state index contributed by atoms with van der Waals surface area (Å²) in [6.45, 7) is 0.826. The van der Waals surface area contributed by atoms with Crippen LogP contribution in [-0.4, -0.2) is 44.9 Å². The molecule has 1 aliphatic carbocycles. The molecule has 1 aliphatic heterocycles. The highest BCUT2D eigenvalue weighted by atomic mass is 15.3. The Hall–Kier alpha value is -6.21. The van der Waals surface area contributed by atoms with Crippen molar-refractivity contribution in [1.29, 1.82) is 0 Å². The van der Waals surface area contributed by atoms with Gasteiger partial charge in [0.25, 0.3) is 0 Å². The van der Waals surface area contributed by atoms with Crippen molar-refractivity contribution in [2.45, 2.75) is 0 Å². The van der Waals surface area contributed by atoms with Crippen LogP contribution in [0.3, 0.4) is 0 Å². The third-order valence-corrected chi connectivity index (χ3v) is 7.91. The highest BCUT2D eigenvalue weighted by molar-refractivity contribution is 6.61. The molecular formula is C39H32N7+. The van der Waals surface area contributed by atoms with Gasteiger partial charge in [-0.05, 0) is 66.3 Å². The van der Waals surface area contributed by atoms with Crippen molar-refractivity contribution < 1.29 is 5.41 Å². The molecule has 0 saturated heterocycles. The number of allylic oxidation sites excluding steroid dienone is 6. The van der Waals surface area contributed by atoms with Crippen LogP contribution in [0.15, 0.2) is 151 Å². The maximum atomic E-state index is 6.91. The van der Waals surface area contributed by atoms with E-state index in [2.05, 4.69) is 58.8 Å². The summed E-state index contributed by atoms with van der Waals surface area (Å²) in [6.07, 6.45) is 12.0. The fourth-order valence-electron chi connectivity index (χ4n) is 5.53. The number of hydrazone groups is 1. The molecule has 3 aromatic heterocycles. The molecule has 2 aromatic carbocycles. The van der Waals surface area contributed by atoms with Crippen molar-refractivity contribution in [1.82, 2.24) is 19.9 Å². The number of nitrogens with two attached hydrogens (primary N) is 1. The molecule has 0 unspecified atom stereocenters. The van der Waals surface area contributed by atoms with Gasteiger partial charge in [-0.2, -0.15) is 5.10 Å². The second kappa shape index (κ2) is 12.8. The molecule has 0 atom stereocenters. The minimum atomic E-state index is 0.518. The maximum Gasteiger partial charge on any atom is 0.233 e. The van der Waals surface area contributed by atoms with Gasteiger partial charge in [-0.15, -0.1) is 0 Å². The zero-order valence-corrected chi connectivity index (χ0v) is 25.4. The summed E-state index contributed by atoms with van der Waals surface area (Å²) >= 11 is 0. The number of anilines is 1. The monoisotopic (exact) mass is 598 g/mol. The van der Waals surface area contributed by atoms with Crippen LogP contribution in [0.25, 0.3) is 39.4 Å². The Bertz CT molecular complexity index is 2070. The molecule has 0 amide bonds. The first-order chi connectivity index (χ1) is 22.6. The number of rotatable bonds is 7. The van der Waals surface area contributed by atoms with Crippen molar-refractivity contribution in [2.75, 3.05) is 19.0 Å². The third kappa shape index (κ3) is 5.94. The van der Waals surface area contributed by atoms with Crippen LogP contribution in [0.5, 0.6) is 0 Å². The van der Waals surface area contributed by atoms with Crippen molar-refractivity contribution >= 4 is 34.0 Å². The Kier molecular flexibility index (Phi) is 7.94. The van der Waals surface area contributed by atoms with E-state index in [-0.39, 0.29) is 0 Å². The predicted octanol–water partition coefficient (Wildman–Crippen LogP) is 6.20. The van der Waals surface area contributed by atoms with E-state index >= 15 is 0 Å². The van der Waals surface area contributed by atoms with Gasteiger partial charge in [0.15, 0.2) is 5.71 Å². The number of nitrogens with one attached hydrogen (secondary N) is 1. The van der Waals surface area contributed by atoms with E-state index in [1.54, 1.807) is 6.20 Å². The van der Waals surface area contributed by atoms with Crippen molar-refractivity contribution in [3.8, 4) is 22.5 Å². The summed E-state index contributed by atoms with van der Waals surface area (Å²) in [4.78, 5) is 16.7. The minimum absolute atomic E-state index is 0.518. The van der Waals surface area contributed by atoms with Gasteiger partial charge in [0.1, 0.15) is 0 Å². The van der Waals surface area contributed by atoms with E-state index < -0.39 is 0 Å². The fourth-order valence-corrected chi connectivity index (χ4v) is 5.53. The number of para-hydroxylation sites is 1. The van der Waals surface area contributed by atoms with Gasteiger partial charge in [-0.3, -0.25) is 15.8 Å². The summed E-state index contributed by atoms with van der Waals surface area (Å²) in [5, 5.41) is 11.8. The lowest BCUT2D eigenvalue weighted by Crippen LogP contribution is -2.46. The number of benzene rings is 2. The normalized spacial score (nSPS) is 15.3. The SMILES string of the molecule is CN1CC=CC=C1c1cccc(C2=CC(c3cccc(-c4ccccn4)n3)=C/C(=N/Nc3ccccc3-c3ccccc3)C2=[NH2+])n1. The van der Waals surface area contributed by atoms with Crippen LogP contribution < -0.4 is 10.8 Å². The molecule has 4 heterocycles. The lowest BCUT2D eigenvalue weighted by molar-refractivity contribution is -0.108. The van der Waals surface area contributed by atoms with Gasteiger partial charge in [-0.1, -0.05) is 78.9 Å². The smallest absolute Gasteiger partial charge is 0.233 e. The molecule has 7 heteroatoms. The van der Waals surface area contributed by atoms with Gasteiger partial charge in [-0.25, -0.2) is 9.97 Å². The van der Waals surface area contributed by atoms with E-state index in [0.717, 1.165) is 68.7 Å². The van der Waals surface area contributed by atoms with Crippen LogP contribution in [0, 0.1) is 0 Å². The maximum absolute atomic E-state index is 6.91. The summed E-state index contributed by atoms with van der Waals surface area (Å²) in [5.74, 6) is 0. The molecule has 0 fully saturated rings. The third-order valence-electron chi connectivity index (χ3n) is 7.91. The van der Waals surface area contributed by atoms with E-state index in [4.69, 9.17) is 20.5 Å². The molecule has 7 nitrogen and oxygen atoms in total. The zero-order chi connectivity index (χ0) is 31.3. The van der Waals surface area contributed by atoms with Crippen LogP contribution in [-0.2, 0) is 0 Å². The highest BCUT2D eigenvalue weighted by Crippen LogP contribution is 2.31. The fraction of sp³-hybridized carbons (Fsp3) is 0.0513. The van der Waals surface area contributed by atoms with E-state index in [1.807, 2.05) is 103 Å². The second-order valence-corrected chi connectivity index (χ2v) is 11.0. The second-order valence-electron chi connectivity index (χ2n) is 11.0. The quantitative estimate of drug-likeness (QED) is 0.172. The van der Waals surface area contributed by atoms with Crippen molar-refractivity contribution in [2.24, 2.45) is 5.10 Å². The molecule has 5 aromatic rings. The summed E-state index contributed by atoms with van der Waals surface area (Å²) in [7, 11) is 2.06. The van der Waals surface area contributed by atoms with Crippen LogP contribution >= 0.6 is 0 Å². The van der Waals surface area contributed by atoms with E-state index in [0.29, 0.717) is 11.4 Å². The minimum Gasteiger partial charge on any atom is -0.369 e. The molecule has 0 spiro atoms. The number of likely N-dealkylation sites (N-methyl/N-ethyl adjacent to an activating group) is 1. The molecule has 3 N–H and O–H groups in total. The number of hydrogen-bond donors (Lipinski definition) is 2. The Labute approximate surface area is 268 Å². The van der Waals surface area contributed by atoms with Gasteiger partial charge in [0.2, 0.25) is 5.71 Å². The summed E-state index contributed by atoms with van der Waals surface area (Å²) < 4.78 is 0. The number of aromatic nitrogens is 3. The predicted molar refractivity (Wildman–Crippen MR) is 187 cm³/mol. The highest BCUT2D eigenvalue weighted by Gasteiger charge is 2.27.